The highest BCUT2D eigenvalue weighted by Gasteiger charge is 2.11. The third-order valence-corrected chi connectivity index (χ3v) is 4.57. The maximum atomic E-state index is 5.96. The van der Waals surface area contributed by atoms with Crippen LogP contribution in [0.25, 0.3) is 0 Å². The molecule has 0 aromatic heterocycles. The molecule has 0 bridgehead atoms. The molecule has 26 heavy (non-hydrogen) atoms. The Balaban J connectivity index is 1.61. The molecule has 0 amide bonds. The second kappa shape index (κ2) is 11.6. The number of aliphatic imine (C=N–C) groups is 1. The van der Waals surface area contributed by atoms with Crippen molar-refractivity contribution in [2.75, 3.05) is 46.9 Å². The van der Waals surface area contributed by atoms with Gasteiger partial charge in [-0.2, -0.15) is 0 Å². The van der Waals surface area contributed by atoms with Crippen LogP contribution in [0.15, 0.2) is 29.3 Å². The van der Waals surface area contributed by atoms with Gasteiger partial charge in [-0.15, -0.1) is 0 Å². The Bertz CT molecular complexity index is 544. The highest BCUT2D eigenvalue weighted by Crippen LogP contribution is 2.26. The Hall–Kier alpha value is -1.95. The van der Waals surface area contributed by atoms with E-state index in [4.69, 9.17) is 9.47 Å². The first kappa shape index (κ1) is 20.4. The summed E-state index contributed by atoms with van der Waals surface area (Å²) in [6.07, 6.45) is 5.12. The summed E-state index contributed by atoms with van der Waals surface area (Å²) < 4.78 is 11.3. The molecule has 1 fully saturated rings. The fourth-order valence-corrected chi connectivity index (χ4v) is 3.11. The molecule has 1 unspecified atom stereocenters. The topological polar surface area (TPSA) is 58.1 Å². The van der Waals surface area contributed by atoms with Crippen molar-refractivity contribution in [3.63, 3.8) is 0 Å². The van der Waals surface area contributed by atoms with E-state index in [1.165, 1.54) is 38.9 Å². The number of hydrogen-bond donors (Lipinski definition) is 2. The summed E-state index contributed by atoms with van der Waals surface area (Å²) in [6, 6.07) is 7.70. The minimum Gasteiger partial charge on any atom is -0.493 e. The molecule has 1 heterocycles. The molecule has 1 aromatic rings. The summed E-state index contributed by atoms with van der Waals surface area (Å²) in [4.78, 5) is 6.84. The van der Waals surface area contributed by atoms with Gasteiger partial charge in [0.25, 0.3) is 0 Å². The summed E-state index contributed by atoms with van der Waals surface area (Å²) in [6.45, 7) is 7.42. The lowest BCUT2D eigenvalue weighted by Gasteiger charge is -2.19. The third kappa shape index (κ3) is 7.12. The average molecular weight is 363 g/mol. The molecular weight excluding hydrogens is 328 g/mol. The zero-order chi connectivity index (χ0) is 18.6. The number of benzene rings is 1. The summed E-state index contributed by atoms with van der Waals surface area (Å²) >= 11 is 0. The largest absolute Gasteiger partial charge is 0.493 e. The van der Waals surface area contributed by atoms with Gasteiger partial charge in [-0.05, 0) is 64.4 Å². The van der Waals surface area contributed by atoms with Crippen molar-refractivity contribution >= 4 is 5.96 Å². The number of ether oxygens (including phenoxy) is 2. The average Bonchev–Trinajstić information content (AvgIpc) is 3.18. The highest BCUT2D eigenvalue weighted by molar-refractivity contribution is 5.79. The normalized spacial score (nSPS) is 16.3. The monoisotopic (exact) mass is 362 g/mol. The molecule has 0 radical (unpaired) electrons. The molecule has 2 rings (SSSR count). The van der Waals surface area contributed by atoms with E-state index in [1.807, 2.05) is 31.2 Å². The predicted molar refractivity (Wildman–Crippen MR) is 107 cm³/mol. The maximum Gasteiger partial charge on any atom is 0.191 e. The minimum absolute atomic E-state index is 0.0000154. The van der Waals surface area contributed by atoms with Crippen LogP contribution in [-0.2, 0) is 0 Å². The summed E-state index contributed by atoms with van der Waals surface area (Å²) in [5.74, 6) is 2.33. The van der Waals surface area contributed by atoms with E-state index in [2.05, 4.69) is 20.5 Å². The second-order valence-corrected chi connectivity index (χ2v) is 6.72. The van der Waals surface area contributed by atoms with Gasteiger partial charge in [-0.1, -0.05) is 12.1 Å². The number of hydrogen-bond acceptors (Lipinski definition) is 4. The van der Waals surface area contributed by atoms with Gasteiger partial charge < -0.3 is 25.0 Å². The standard InChI is InChI=1S/C20H34N4O2/c1-17(26-19-11-5-4-10-18(19)25-3)16-23-20(21-2)22-12-6-7-13-24-14-8-9-15-24/h4-5,10-11,17H,6-9,12-16H2,1-3H3,(H2,21,22,23). The first-order chi connectivity index (χ1) is 12.7. The van der Waals surface area contributed by atoms with Crippen molar-refractivity contribution in [2.24, 2.45) is 4.99 Å². The molecule has 6 heteroatoms. The lowest BCUT2D eigenvalue weighted by atomic mass is 10.3. The number of rotatable bonds is 10. The van der Waals surface area contributed by atoms with Crippen LogP contribution in [-0.4, -0.2) is 63.8 Å². The van der Waals surface area contributed by atoms with Crippen LogP contribution in [0, 0.1) is 0 Å². The number of unbranched alkanes of at least 4 members (excludes halogenated alkanes) is 1. The number of para-hydroxylation sites is 2. The zero-order valence-corrected chi connectivity index (χ0v) is 16.5. The maximum absolute atomic E-state index is 5.96. The van der Waals surface area contributed by atoms with Crippen LogP contribution in [0.4, 0.5) is 0 Å². The smallest absolute Gasteiger partial charge is 0.191 e. The Labute approximate surface area is 158 Å². The highest BCUT2D eigenvalue weighted by atomic mass is 16.5. The van der Waals surface area contributed by atoms with Gasteiger partial charge >= 0.3 is 0 Å². The van der Waals surface area contributed by atoms with E-state index in [0.29, 0.717) is 6.54 Å². The van der Waals surface area contributed by atoms with Crippen LogP contribution < -0.4 is 20.1 Å². The fraction of sp³-hybridized carbons (Fsp3) is 0.650. The van der Waals surface area contributed by atoms with E-state index in [0.717, 1.165) is 30.4 Å². The van der Waals surface area contributed by atoms with Gasteiger partial charge in [0.1, 0.15) is 6.10 Å². The van der Waals surface area contributed by atoms with E-state index in [9.17, 15) is 0 Å². The second-order valence-electron chi connectivity index (χ2n) is 6.72. The fourth-order valence-electron chi connectivity index (χ4n) is 3.11. The first-order valence-corrected chi connectivity index (χ1v) is 9.69. The summed E-state index contributed by atoms with van der Waals surface area (Å²) in [5.41, 5.74) is 0. The van der Waals surface area contributed by atoms with E-state index in [-0.39, 0.29) is 6.10 Å². The van der Waals surface area contributed by atoms with Gasteiger partial charge in [0.2, 0.25) is 0 Å². The number of likely N-dealkylation sites (tertiary alicyclic amines) is 1. The zero-order valence-electron chi connectivity index (χ0n) is 16.5. The molecule has 1 saturated heterocycles. The molecule has 146 valence electrons. The Morgan fingerprint density at radius 1 is 1.15 bits per heavy atom. The van der Waals surface area contributed by atoms with Crippen LogP contribution in [0.3, 0.4) is 0 Å². The molecule has 1 atom stereocenters. The van der Waals surface area contributed by atoms with Crippen LogP contribution in [0.2, 0.25) is 0 Å². The minimum atomic E-state index is 0.0000154. The van der Waals surface area contributed by atoms with Crippen molar-refractivity contribution in [1.29, 1.82) is 0 Å². The van der Waals surface area contributed by atoms with Gasteiger partial charge in [0.05, 0.1) is 13.7 Å². The van der Waals surface area contributed by atoms with Crippen molar-refractivity contribution in [3.8, 4) is 11.5 Å². The Kier molecular flexibility index (Phi) is 9.10. The van der Waals surface area contributed by atoms with Gasteiger partial charge in [-0.3, -0.25) is 4.99 Å². The van der Waals surface area contributed by atoms with Crippen LogP contribution in [0.1, 0.15) is 32.6 Å². The molecular formula is C20H34N4O2. The van der Waals surface area contributed by atoms with Crippen LogP contribution in [0.5, 0.6) is 11.5 Å². The summed E-state index contributed by atoms with van der Waals surface area (Å²) in [7, 11) is 3.45. The SMILES string of the molecule is CN=C(NCCCCN1CCCC1)NCC(C)Oc1ccccc1OC. The number of methoxy groups -OCH3 is 1. The number of nitrogens with one attached hydrogen (secondary N) is 2. The lowest BCUT2D eigenvalue weighted by molar-refractivity contribution is 0.213. The predicted octanol–water partition coefficient (Wildman–Crippen LogP) is 2.50. The third-order valence-electron chi connectivity index (χ3n) is 4.57. The summed E-state index contributed by atoms with van der Waals surface area (Å²) in [5, 5.41) is 6.70. The molecule has 2 N–H and O–H groups in total. The number of nitrogens with zero attached hydrogens (tertiary/aromatic N) is 2. The van der Waals surface area contributed by atoms with Crippen molar-refractivity contribution in [3.05, 3.63) is 24.3 Å². The van der Waals surface area contributed by atoms with Crippen LogP contribution >= 0.6 is 0 Å². The van der Waals surface area contributed by atoms with E-state index >= 15 is 0 Å². The van der Waals surface area contributed by atoms with Gasteiger partial charge in [0, 0.05) is 13.6 Å². The lowest BCUT2D eigenvalue weighted by Crippen LogP contribution is -2.42. The van der Waals surface area contributed by atoms with Gasteiger partial charge in [-0.25, -0.2) is 0 Å². The molecule has 1 aromatic carbocycles. The molecule has 6 nitrogen and oxygen atoms in total. The van der Waals surface area contributed by atoms with Crippen molar-refractivity contribution in [1.82, 2.24) is 15.5 Å². The molecule has 1 aliphatic rings. The Morgan fingerprint density at radius 2 is 1.88 bits per heavy atom. The van der Waals surface area contributed by atoms with Crippen molar-refractivity contribution in [2.45, 2.75) is 38.7 Å². The molecule has 0 spiro atoms. The first-order valence-electron chi connectivity index (χ1n) is 9.69. The molecule has 0 saturated carbocycles. The number of guanidine groups is 1. The molecule has 0 aliphatic carbocycles. The van der Waals surface area contributed by atoms with Gasteiger partial charge in [0.15, 0.2) is 17.5 Å². The van der Waals surface area contributed by atoms with E-state index < -0.39 is 0 Å². The quantitative estimate of drug-likeness (QED) is 0.380. The van der Waals surface area contributed by atoms with Crippen molar-refractivity contribution < 1.29 is 9.47 Å². The Morgan fingerprint density at radius 3 is 2.58 bits per heavy atom. The molecule has 1 aliphatic heterocycles. The van der Waals surface area contributed by atoms with E-state index in [1.54, 1.807) is 14.2 Å².